The topological polar surface area (TPSA) is 56.7 Å². The Morgan fingerprint density at radius 2 is 2.15 bits per heavy atom. The van der Waals surface area contributed by atoms with Crippen LogP contribution in [0.1, 0.15) is 50.8 Å². The molecule has 2 rings (SSSR count). The third-order valence-corrected chi connectivity index (χ3v) is 2.74. The molecule has 4 heteroatoms. The molecule has 0 bridgehead atoms. The summed E-state index contributed by atoms with van der Waals surface area (Å²) in [7, 11) is 0. The van der Waals surface area contributed by atoms with E-state index in [-0.39, 0.29) is 0 Å². The van der Waals surface area contributed by atoms with Gasteiger partial charge in [-0.15, -0.1) is 5.10 Å². The molecule has 0 unspecified atom stereocenters. The number of nitrogen functional groups attached to an aromatic ring is 1. The van der Waals surface area contributed by atoms with E-state index >= 15 is 0 Å². The first-order chi connectivity index (χ1) is 6.20. The molecule has 1 aliphatic rings. The first-order valence-electron chi connectivity index (χ1n) is 4.90. The lowest BCUT2D eigenvalue weighted by Crippen LogP contribution is -2.17. The van der Waals surface area contributed by atoms with Gasteiger partial charge in [-0.1, -0.05) is 11.6 Å². The van der Waals surface area contributed by atoms with Gasteiger partial charge in [0.1, 0.15) is 0 Å². The number of rotatable bonds is 2. The lowest BCUT2D eigenvalue weighted by molar-refractivity contribution is 0.375. The zero-order chi connectivity index (χ0) is 9.42. The summed E-state index contributed by atoms with van der Waals surface area (Å²) >= 11 is 0. The van der Waals surface area contributed by atoms with Crippen molar-refractivity contribution in [1.29, 1.82) is 0 Å². The number of anilines is 1. The Hall–Kier alpha value is -1.06. The molecule has 1 aromatic heterocycles. The zero-order valence-corrected chi connectivity index (χ0v) is 8.20. The van der Waals surface area contributed by atoms with Gasteiger partial charge in [0, 0.05) is 12.0 Å². The van der Waals surface area contributed by atoms with Crippen molar-refractivity contribution >= 4 is 5.82 Å². The number of nitrogens with zero attached hydrogens (tertiary/aromatic N) is 3. The zero-order valence-electron chi connectivity index (χ0n) is 8.20. The molecule has 0 aromatic carbocycles. The molecule has 0 amide bonds. The van der Waals surface area contributed by atoms with Gasteiger partial charge in [0.05, 0.1) is 5.69 Å². The average molecular weight is 180 g/mol. The summed E-state index contributed by atoms with van der Waals surface area (Å²) in [6, 6.07) is 0.361. The quantitative estimate of drug-likeness (QED) is 0.753. The molecule has 0 spiro atoms. The third kappa shape index (κ3) is 1.30. The standard InChI is InChI=1S/C9H16N4/c1-6(2)13-8(7-4-3-5-7)9(10)11-12-13/h6-7H,3-5,10H2,1-2H3. The monoisotopic (exact) mass is 180 g/mol. The maximum absolute atomic E-state index is 5.80. The minimum Gasteiger partial charge on any atom is -0.381 e. The van der Waals surface area contributed by atoms with Crippen LogP contribution in [0.4, 0.5) is 5.82 Å². The van der Waals surface area contributed by atoms with E-state index in [1.165, 1.54) is 19.3 Å². The Morgan fingerprint density at radius 3 is 2.62 bits per heavy atom. The van der Waals surface area contributed by atoms with Crippen molar-refractivity contribution in [3.05, 3.63) is 5.69 Å². The molecule has 0 radical (unpaired) electrons. The summed E-state index contributed by atoms with van der Waals surface area (Å²) in [5.41, 5.74) is 6.95. The molecule has 1 heterocycles. The molecular weight excluding hydrogens is 164 g/mol. The summed E-state index contributed by atoms with van der Waals surface area (Å²) in [6.45, 7) is 4.21. The van der Waals surface area contributed by atoms with Crippen molar-refractivity contribution in [1.82, 2.24) is 15.0 Å². The second-order valence-electron chi connectivity index (χ2n) is 4.03. The van der Waals surface area contributed by atoms with Crippen LogP contribution in [-0.2, 0) is 0 Å². The highest BCUT2D eigenvalue weighted by atomic mass is 15.5. The fraction of sp³-hybridized carbons (Fsp3) is 0.778. The van der Waals surface area contributed by atoms with E-state index in [4.69, 9.17) is 5.73 Å². The van der Waals surface area contributed by atoms with E-state index in [0.717, 1.165) is 5.69 Å². The molecule has 13 heavy (non-hydrogen) atoms. The first-order valence-corrected chi connectivity index (χ1v) is 4.90. The van der Waals surface area contributed by atoms with E-state index in [2.05, 4.69) is 24.2 Å². The molecule has 1 saturated carbocycles. The minimum atomic E-state index is 0.361. The van der Waals surface area contributed by atoms with Crippen LogP contribution in [0.5, 0.6) is 0 Å². The number of nitrogens with two attached hydrogens (primary N) is 1. The smallest absolute Gasteiger partial charge is 0.169 e. The van der Waals surface area contributed by atoms with Crippen LogP contribution in [-0.4, -0.2) is 15.0 Å². The lowest BCUT2D eigenvalue weighted by Gasteiger charge is -2.26. The molecule has 0 aliphatic heterocycles. The van der Waals surface area contributed by atoms with Crippen LogP contribution < -0.4 is 5.73 Å². The van der Waals surface area contributed by atoms with Crippen molar-refractivity contribution in [2.45, 2.75) is 45.1 Å². The minimum absolute atomic E-state index is 0.361. The maximum Gasteiger partial charge on any atom is 0.169 e. The Morgan fingerprint density at radius 1 is 1.46 bits per heavy atom. The Balaban J connectivity index is 2.34. The van der Waals surface area contributed by atoms with Crippen molar-refractivity contribution in [3.8, 4) is 0 Å². The van der Waals surface area contributed by atoms with Gasteiger partial charge in [0.2, 0.25) is 0 Å². The summed E-state index contributed by atoms with van der Waals surface area (Å²) in [6.07, 6.45) is 3.79. The van der Waals surface area contributed by atoms with Crippen LogP contribution in [0.2, 0.25) is 0 Å². The highest BCUT2D eigenvalue weighted by Gasteiger charge is 2.27. The highest BCUT2D eigenvalue weighted by Crippen LogP contribution is 2.38. The van der Waals surface area contributed by atoms with Gasteiger partial charge in [-0.25, -0.2) is 4.68 Å². The molecule has 72 valence electrons. The number of hydrogen-bond acceptors (Lipinski definition) is 3. The van der Waals surface area contributed by atoms with Crippen molar-refractivity contribution in [2.75, 3.05) is 5.73 Å². The molecule has 1 aliphatic carbocycles. The molecular formula is C9H16N4. The van der Waals surface area contributed by atoms with E-state index < -0.39 is 0 Å². The second-order valence-corrected chi connectivity index (χ2v) is 4.03. The SMILES string of the molecule is CC(C)n1nnc(N)c1C1CCC1. The lowest BCUT2D eigenvalue weighted by atomic mass is 9.82. The van der Waals surface area contributed by atoms with Crippen LogP contribution in [0.25, 0.3) is 0 Å². The van der Waals surface area contributed by atoms with Crippen LogP contribution in [0, 0.1) is 0 Å². The Kier molecular flexibility index (Phi) is 1.98. The predicted molar refractivity (Wildman–Crippen MR) is 51.4 cm³/mol. The molecule has 1 aromatic rings. The molecule has 0 saturated heterocycles. The Bertz CT molecular complexity index is 299. The van der Waals surface area contributed by atoms with Gasteiger partial charge >= 0.3 is 0 Å². The summed E-state index contributed by atoms with van der Waals surface area (Å²) in [5, 5.41) is 7.99. The van der Waals surface area contributed by atoms with Crippen molar-refractivity contribution in [3.63, 3.8) is 0 Å². The first kappa shape index (κ1) is 8.53. The van der Waals surface area contributed by atoms with Gasteiger partial charge in [0.25, 0.3) is 0 Å². The fourth-order valence-corrected chi connectivity index (χ4v) is 1.77. The van der Waals surface area contributed by atoms with Crippen molar-refractivity contribution < 1.29 is 0 Å². The highest BCUT2D eigenvalue weighted by molar-refractivity contribution is 5.37. The van der Waals surface area contributed by atoms with Gasteiger partial charge in [-0.2, -0.15) is 0 Å². The average Bonchev–Trinajstić information content (AvgIpc) is 2.30. The molecule has 4 nitrogen and oxygen atoms in total. The van der Waals surface area contributed by atoms with E-state index in [0.29, 0.717) is 17.8 Å². The van der Waals surface area contributed by atoms with Crippen LogP contribution in [0.15, 0.2) is 0 Å². The predicted octanol–water partition coefficient (Wildman–Crippen LogP) is 1.71. The van der Waals surface area contributed by atoms with Gasteiger partial charge in [-0.3, -0.25) is 0 Å². The summed E-state index contributed by atoms with van der Waals surface area (Å²) in [4.78, 5) is 0. The van der Waals surface area contributed by atoms with E-state index in [9.17, 15) is 0 Å². The summed E-state index contributed by atoms with van der Waals surface area (Å²) < 4.78 is 1.96. The molecule has 2 N–H and O–H groups in total. The second kappa shape index (κ2) is 3.01. The largest absolute Gasteiger partial charge is 0.381 e. The fourth-order valence-electron chi connectivity index (χ4n) is 1.77. The summed E-state index contributed by atoms with van der Waals surface area (Å²) in [5.74, 6) is 1.23. The van der Waals surface area contributed by atoms with E-state index in [1.54, 1.807) is 0 Å². The maximum atomic E-state index is 5.80. The Labute approximate surface area is 78.1 Å². The number of hydrogen-bond donors (Lipinski definition) is 1. The van der Waals surface area contributed by atoms with Crippen LogP contribution >= 0.6 is 0 Å². The molecule has 1 fully saturated rings. The van der Waals surface area contributed by atoms with Crippen molar-refractivity contribution in [2.24, 2.45) is 0 Å². The van der Waals surface area contributed by atoms with Gasteiger partial charge in [0.15, 0.2) is 5.82 Å². The number of aromatic nitrogens is 3. The van der Waals surface area contributed by atoms with E-state index in [1.807, 2.05) is 4.68 Å². The van der Waals surface area contributed by atoms with Gasteiger partial charge in [-0.05, 0) is 26.7 Å². The molecule has 0 atom stereocenters. The van der Waals surface area contributed by atoms with Gasteiger partial charge < -0.3 is 5.73 Å². The third-order valence-electron chi connectivity index (χ3n) is 2.74. The normalized spacial score (nSPS) is 17.8. The van der Waals surface area contributed by atoms with Crippen LogP contribution in [0.3, 0.4) is 0 Å².